The van der Waals surface area contributed by atoms with Crippen molar-refractivity contribution in [3.63, 3.8) is 0 Å². The second kappa shape index (κ2) is 7.76. The molecule has 2 aliphatic heterocycles. The topological polar surface area (TPSA) is 88.4 Å². The fourth-order valence-electron chi connectivity index (χ4n) is 3.75. The Bertz CT molecular complexity index is 376. The van der Waals surface area contributed by atoms with Crippen LogP contribution in [0, 0.1) is 11.8 Å². The highest BCUT2D eigenvalue weighted by Gasteiger charge is 2.47. The molecule has 3 N–H and O–H groups in total. The molecule has 10 atom stereocenters. The lowest BCUT2D eigenvalue weighted by molar-refractivity contribution is -0.324. The Labute approximate surface area is 138 Å². The number of hydrogen-bond acceptors (Lipinski definition) is 6. The van der Waals surface area contributed by atoms with Crippen molar-refractivity contribution in [3.05, 3.63) is 0 Å². The molecule has 0 aromatic heterocycles. The molecule has 2 saturated heterocycles. The zero-order valence-electron chi connectivity index (χ0n) is 14.8. The van der Waals surface area contributed by atoms with E-state index in [4.69, 9.17) is 14.2 Å². The van der Waals surface area contributed by atoms with Crippen molar-refractivity contribution in [3.8, 4) is 0 Å². The summed E-state index contributed by atoms with van der Waals surface area (Å²) >= 11 is 0. The Balaban J connectivity index is 2.11. The second-order valence-electron chi connectivity index (χ2n) is 7.03. The van der Waals surface area contributed by atoms with Crippen LogP contribution in [0.15, 0.2) is 0 Å². The predicted octanol–water partition coefficient (Wildman–Crippen LogP) is 1.06. The van der Waals surface area contributed by atoms with E-state index < -0.39 is 30.7 Å². The number of ether oxygens (including phenoxy) is 3. The van der Waals surface area contributed by atoms with Crippen LogP contribution >= 0.6 is 0 Å². The molecule has 0 aromatic rings. The van der Waals surface area contributed by atoms with Crippen molar-refractivity contribution in [2.45, 2.75) is 96.5 Å². The smallest absolute Gasteiger partial charge is 0.186 e. The zero-order valence-corrected chi connectivity index (χ0v) is 14.8. The standard InChI is InChI=1S/C17H32O6/c1-6-11-8(3)13(18)15(20)17(22-11)23-16-9(4)12(7-2)21-10(5)14(16)19/h8-20H,6-7H2,1-5H3/t8-,9-,10-,11?,12?,13-,14?,15?,16-,17-/m0/s1. The number of aliphatic hydroxyl groups excluding tert-OH is 3. The Hall–Kier alpha value is -0.240. The highest BCUT2D eigenvalue weighted by molar-refractivity contribution is 4.92. The maximum absolute atomic E-state index is 10.4. The second-order valence-corrected chi connectivity index (χ2v) is 7.03. The van der Waals surface area contributed by atoms with E-state index in [2.05, 4.69) is 0 Å². The van der Waals surface area contributed by atoms with Crippen molar-refractivity contribution in [1.82, 2.24) is 0 Å². The fraction of sp³-hybridized carbons (Fsp3) is 1.00. The molecule has 0 radical (unpaired) electrons. The lowest BCUT2D eigenvalue weighted by Gasteiger charge is -2.47. The fourth-order valence-corrected chi connectivity index (χ4v) is 3.75. The molecule has 0 spiro atoms. The molecule has 2 aliphatic rings. The van der Waals surface area contributed by atoms with Crippen LogP contribution in [0.5, 0.6) is 0 Å². The van der Waals surface area contributed by atoms with Crippen molar-refractivity contribution < 1.29 is 29.5 Å². The number of rotatable bonds is 4. The van der Waals surface area contributed by atoms with Crippen molar-refractivity contribution >= 4 is 0 Å². The third kappa shape index (κ3) is 3.72. The van der Waals surface area contributed by atoms with Crippen LogP contribution in [0.1, 0.15) is 47.5 Å². The molecule has 0 aromatic carbocycles. The quantitative estimate of drug-likeness (QED) is 0.713. The molecule has 4 unspecified atom stereocenters. The highest BCUT2D eigenvalue weighted by Crippen LogP contribution is 2.34. The summed E-state index contributed by atoms with van der Waals surface area (Å²) in [6.45, 7) is 9.66. The van der Waals surface area contributed by atoms with Gasteiger partial charge in [-0.1, -0.05) is 27.7 Å². The van der Waals surface area contributed by atoms with Crippen molar-refractivity contribution in [2.75, 3.05) is 0 Å². The van der Waals surface area contributed by atoms with Gasteiger partial charge in [0.05, 0.1) is 30.5 Å². The van der Waals surface area contributed by atoms with Gasteiger partial charge < -0.3 is 29.5 Å². The van der Waals surface area contributed by atoms with E-state index in [0.29, 0.717) is 0 Å². The SMILES string of the molecule is CCC1O[C@@H](O[C@@H]2C(O)[C@H](C)OC(CC)[C@@H]2C)C(O)[C@@H](O)[C@H]1C. The normalized spacial score (nSPS) is 51.7. The van der Waals surface area contributed by atoms with E-state index in [-0.39, 0.29) is 30.1 Å². The van der Waals surface area contributed by atoms with Crippen LogP contribution in [-0.2, 0) is 14.2 Å². The first-order valence-electron chi connectivity index (χ1n) is 8.82. The number of aliphatic hydroxyl groups is 3. The lowest BCUT2D eigenvalue weighted by Crippen LogP contribution is -2.59. The summed E-state index contributed by atoms with van der Waals surface area (Å²) in [6, 6.07) is 0. The number of hydrogen-bond donors (Lipinski definition) is 3. The molecule has 6 nitrogen and oxygen atoms in total. The molecule has 136 valence electrons. The van der Waals surface area contributed by atoms with Gasteiger partial charge in [-0.2, -0.15) is 0 Å². The molecule has 2 fully saturated rings. The Morgan fingerprint density at radius 1 is 0.783 bits per heavy atom. The predicted molar refractivity (Wildman–Crippen MR) is 84.8 cm³/mol. The summed E-state index contributed by atoms with van der Waals surface area (Å²) in [5.74, 6) is -0.187. The van der Waals surface area contributed by atoms with Crippen LogP contribution in [0.4, 0.5) is 0 Å². The molecule has 23 heavy (non-hydrogen) atoms. The average Bonchev–Trinajstić information content (AvgIpc) is 2.54. The monoisotopic (exact) mass is 332 g/mol. The van der Waals surface area contributed by atoms with Gasteiger partial charge in [0.2, 0.25) is 0 Å². The van der Waals surface area contributed by atoms with E-state index in [1.54, 1.807) is 0 Å². The lowest BCUT2D eigenvalue weighted by atomic mass is 9.86. The summed E-state index contributed by atoms with van der Waals surface area (Å²) in [5, 5.41) is 31.0. The first-order chi connectivity index (χ1) is 10.8. The Morgan fingerprint density at radius 3 is 1.91 bits per heavy atom. The molecule has 0 bridgehead atoms. The molecule has 2 rings (SSSR count). The summed E-state index contributed by atoms with van der Waals surface area (Å²) in [4.78, 5) is 0. The van der Waals surface area contributed by atoms with E-state index >= 15 is 0 Å². The van der Waals surface area contributed by atoms with Gasteiger partial charge in [-0.25, -0.2) is 0 Å². The van der Waals surface area contributed by atoms with Gasteiger partial charge in [0.1, 0.15) is 12.2 Å². The summed E-state index contributed by atoms with van der Waals surface area (Å²) in [6.07, 6.45) is -3.22. The largest absolute Gasteiger partial charge is 0.390 e. The van der Waals surface area contributed by atoms with Crippen molar-refractivity contribution in [1.29, 1.82) is 0 Å². The molecular weight excluding hydrogens is 300 g/mol. The van der Waals surface area contributed by atoms with Gasteiger partial charge in [0.15, 0.2) is 6.29 Å². The van der Waals surface area contributed by atoms with E-state index in [1.807, 2.05) is 34.6 Å². The molecule has 2 heterocycles. The van der Waals surface area contributed by atoms with Crippen LogP contribution in [0.3, 0.4) is 0 Å². The molecule has 0 aliphatic carbocycles. The first kappa shape index (κ1) is 19.1. The minimum absolute atomic E-state index is 0.00930. The molecule has 0 amide bonds. The highest BCUT2D eigenvalue weighted by atomic mass is 16.7. The minimum Gasteiger partial charge on any atom is -0.390 e. The third-order valence-corrected chi connectivity index (χ3v) is 5.47. The molecule has 0 saturated carbocycles. The van der Waals surface area contributed by atoms with Crippen LogP contribution in [0.25, 0.3) is 0 Å². The van der Waals surface area contributed by atoms with Gasteiger partial charge in [0, 0.05) is 11.8 Å². The molecule has 6 heteroatoms. The minimum atomic E-state index is -1.12. The van der Waals surface area contributed by atoms with Crippen LogP contribution in [0.2, 0.25) is 0 Å². The average molecular weight is 332 g/mol. The van der Waals surface area contributed by atoms with Gasteiger partial charge >= 0.3 is 0 Å². The van der Waals surface area contributed by atoms with Gasteiger partial charge in [-0.05, 0) is 19.8 Å². The van der Waals surface area contributed by atoms with Crippen LogP contribution in [-0.4, -0.2) is 64.3 Å². The Morgan fingerprint density at radius 2 is 1.35 bits per heavy atom. The zero-order chi connectivity index (χ0) is 17.3. The van der Waals surface area contributed by atoms with E-state index in [0.717, 1.165) is 12.8 Å². The van der Waals surface area contributed by atoms with E-state index in [1.165, 1.54) is 0 Å². The summed E-state index contributed by atoms with van der Waals surface area (Å²) in [5.41, 5.74) is 0. The maximum atomic E-state index is 10.4. The molecular formula is C17H32O6. The summed E-state index contributed by atoms with van der Waals surface area (Å²) < 4.78 is 17.6. The van der Waals surface area contributed by atoms with Crippen LogP contribution < -0.4 is 0 Å². The third-order valence-electron chi connectivity index (χ3n) is 5.47. The Kier molecular flexibility index (Phi) is 6.44. The summed E-state index contributed by atoms with van der Waals surface area (Å²) in [7, 11) is 0. The van der Waals surface area contributed by atoms with Gasteiger partial charge in [-0.3, -0.25) is 0 Å². The van der Waals surface area contributed by atoms with Gasteiger partial charge in [0.25, 0.3) is 0 Å². The van der Waals surface area contributed by atoms with Gasteiger partial charge in [-0.15, -0.1) is 0 Å². The first-order valence-corrected chi connectivity index (χ1v) is 8.82. The maximum Gasteiger partial charge on any atom is 0.186 e. The van der Waals surface area contributed by atoms with Crippen molar-refractivity contribution in [2.24, 2.45) is 11.8 Å². The van der Waals surface area contributed by atoms with E-state index in [9.17, 15) is 15.3 Å².